The van der Waals surface area contributed by atoms with E-state index in [0.29, 0.717) is 12.1 Å². The molecule has 2 heterocycles. The molecule has 116 valence electrons. The van der Waals surface area contributed by atoms with E-state index in [4.69, 9.17) is 4.74 Å². The Bertz CT molecular complexity index is 324. The molecular weight excluding hydrogens is 272 g/mol. The Labute approximate surface area is 127 Å². The highest BCUT2D eigenvalue weighted by Crippen LogP contribution is 2.20. The second-order valence-electron chi connectivity index (χ2n) is 6.85. The molecule has 0 aromatic heterocycles. The topological polar surface area (TPSA) is 41.6 Å². The Morgan fingerprint density at radius 1 is 1.25 bits per heavy atom. The third-order valence-corrected chi connectivity index (χ3v) is 4.92. The molecule has 5 heteroatoms. The smallest absolute Gasteiger partial charge is 0.410 e. The average molecular weight is 300 g/mol. The first-order valence-electron chi connectivity index (χ1n) is 7.76. The van der Waals surface area contributed by atoms with Gasteiger partial charge in [-0.1, -0.05) is 0 Å². The number of nitrogens with one attached hydrogen (secondary N) is 1. The molecule has 0 spiro atoms. The fraction of sp³-hybridized carbons (Fsp3) is 0.933. The summed E-state index contributed by atoms with van der Waals surface area (Å²) < 4.78 is 5.47. The third kappa shape index (κ3) is 5.17. The molecular formula is C15H28N2O2S. The van der Waals surface area contributed by atoms with E-state index in [2.05, 4.69) is 5.32 Å². The van der Waals surface area contributed by atoms with E-state index >= 15 is 0 Å². The van der Waals surface area contributed by atoms with E-state index in [0.717, 1.165) is 19.5 Å². The number of amides is 1. The predicted molar refractivity (Wildman–Crippen MR) is 84.3 cm³/mol. The van der Waals surface area contributed by atoms with Crippen LogP contribution in [-0.2, 0) is 4.74 Å². The molecule has 0 radical (unpaired) electrons. The fourth-order valence-electron chi connectivity index (χ4n) is 2.81. The molecule has 0 aliphatic carbocycles. The number of hydrogen-bond acceptors (Lipinski definition) is 4. The Kier molecular flexibility index (Phi) is 5.61. The van der Waals surface area contributed by atoms with Crippen molar-refractivity contribution in [2.24, 2.45) is 0 Å². The Balaban J connectivity index is 1.80. The molecule has 2 aliphatic heterocycles. The number of rotatable bonds is 2. The van der Waals surface area contributed by atoms with Crippen molar-refractivity contribution >= 4 is 17.9 Å². The Morgan fingerprint density at radius 3 is 2.65 bits per heavy atom. The van der Waals surface area contributed by atoms with Crippen molar-refractivity contribution < 1.29 is 9.53 Å². The molecule has 0 aromatic rings. The van der Waals surface area contributed by atoms with E-state index in [1.807, 2.05) is 37.4 Å². The lowest BCUT2D eigenvalue weighted by Gasteiger charge is -2.36. The van der Waals surface area contributed by atoms with Gasteiger partial charge in [0.15, 0.2) is 0 Å². The minimum absolute atomic E-state index is 0.165. The van der Waals surface area contributed by atoms with Crippen LogP contribution in [0.4, 0.5) is 4.79 Å². The predicted octanol–water partition coefficient (Wildman–Crippen LogP) is 2.87. The van der Waals surface area contributed by atoms with Crippen molar-refractivity contribution in [1.82, 2.24) is 10.2 Å². The summed E-state index contributed by atoms with van der Waals surface area (Å²) in [5, 5.41) is 3.74. The van der Waals surface area contributed by atoms with Gasteiger partial charge in [0.1, 0.15) is 5.60 Å². The zero-order chi connectivity index (χ0) is 14.6. The minimum atomic E-state index is -0.405. The standard InChI is InChI=1S/C15H28N2O2S/c1-15(2,3)19-14(18)17-8-4-6-12(10-17)16-13-7-5-9-20-11-13/h12-13,16H,4-11H2,1-3H3. The van der Waals surface area contributed by atoms with Crippen LogP contribution >= 0.6 is 11.8 Å². The highest BCUT2D eigenvalue weighted by Gasteiger charge is 2.28. The largest absolute Gasteiger partial charge is 0.444 e. The number of carbonyl (C=O) groups excluding carboxylic acids is 1. The first kappa shape index (κ1) is 16.0. The quantitative estimate of drug-likeness (QED) is 0.851. The number of hydrogen-bond donors (Lipinski definition) is 1. The molecule has 4 nitrogen and oxygen atoms in total. The van der Waals surface area contributed by atoms with Crippen LogP contribution in [0.1, 0.15) is 46.5 Å². The monoisotopic (exact) mass is 300 g/mol. The fourth-order valence-corrected chi connectivity index (χ4v) is 3.90. The summed E-state index contributed by atoms with van der Waals surface area (Å²) in [4.78, 5) is 14.0. The third-order valence-electron chi connectivity index (χ3n) is 3.70. The van der Waals surface area contributed by atoms with Gasteiger partial charge in [0.05, 0.1) is 0 Å². The van der Waals surface area contributed by atoms with Gasteiger partial charge in [0.2, 0.25) is 0 Å². The van der Waals surface area contributed by atoms with Crippen LogP contribution in [0.5, 0.6) is 0 Å². The molecule has 1 N–H and O–H groups in total. The van der Waals surface area contributed by atoms with E-state index in [-0.39, 0.29) is 6.09 Å². The summed E-state index contributed by atoms with van der Waals surface area (Å²) in [6.45, 7) is 7.38. The molecule has 2 unspecified atom stereocenters. The minimum Gasteiger partial charge on any atom is -0.444 e. The van der Waals surface area contributed by atoms with Gasteiger partial charge in [-0.25, -0.2) is 4.79 Å². The van der Waals surface area contributed by atoms with Gasteiger partial charge >= 0.3 is 6.09 Å². The zero-order valence-corrected chi connectivity index (χ0v) is 13.8. The van der Waals surface area contributed by atoms with Crippen molar-refractivity contribution in [1.29, 1.82) is 0 Å². The molecule has 2 atom stereocenters. The molecule has 2 aliphatic rings. The number of carbonyl (C=O) groups is 1. The van der Waals surface area contributed by atoms with Crippen molar-refractivity contribution in [3.05, 3.63) is 0 Å². The normalized spacial score (nSPS) is 28.2. The summed E-state index contributed by atoms with van der Waals surface area (Å²) in [5.74, 6) is 2.51. The van der Waals surface area contributed by atoms with Gasteiger partial charge in [0, 0.05) is 30.9 Å². The van der Waals surface area contributed by atoms with Gasteiger partial charge in [-0.3, -0.25) is 0 Å². The highest BCUT2D eigenvalue weighted by atomic mass is 32.2. The molecule has 20 heavy (non-hydrogen) atoms. The number of thioether (sulfide) groups is 1. The first-order valence-corrected chi connectivity index (χ1v) is 8.91. The highest BCUT2D eigenvalue weighted by molar-refractivity contribution is 7.99. The Morgan fingerprint density at radius 2 is 2.00 bits per heavy atom. The second-order valence-corrected chi connectivity index (χ2v) is 8.00. The zero-order valence-electron chi connectivity index (χ0n) is 13.0. The summed E-state index contributed by atoms with van der Waals surface area (Å²) in [6, 6.07) is 1.05. The van der Waals surface area contributed by atoms with Crippen LogP contribution < -0.4 is 5.32 Å². The first-order chi connectivity index (χ1) is 9.44. The maximum atomic E-state index is 12.1. The number of piperidine rings is 1. The van der Waals surface area contributed by atoms with Crippen molar-refractivity contribution in [3.8, 4) is 0 Å². The van der Waals surface area contributed by atoms with Crippen LogP contribution in [-0.4, -0.2) is 53.3 Å². The van der Waals surface area contributed by atoms with Crippen LogP contribution in [0, 0.1) is 0 Å². The number of nitrogens with zero attached hydrogens (tertiary/aromatic N) is 1. The summed E-state index contributed by atoms with van der Waals surface area (Å²) in [7, 11) is 0. The van der Waals surface area contributed by atoms with Gasteiger partial charge in [0.25, 0.3) is 0 Å². The number of likely N-dealkylation sites (tertiary alicyclic amines) is 1. The van der Waals surface area contributed by atoms with Crippen molar-refractivity contribution in [3.63, 3.8) is 0 Å². The van der Waals surface area contributed by atoms with Gasteiger partial charge in [-0.2, -0.15) is 11.8 Å². The van der Waals surface area contributed by atoms with Crippen molar-refractivity contribution in [2.45, 2.75) is 64.1 Å². The molecule has 0 bridgehead atoms. The lowest BCUT2D eigenvalue weighted by atomic mass is 10.0. The molecule has 2 saturated heterocycles. The summed E-state index contributed by atoms with van der Waals surface area (Å²) in [6.07, 6.45) is 4.65. The van der Waals surface area contributed by atoms with Gasteiger partial charge in [-0.15, -0.1) is 0 Å². The van der Waals surface area contributed by atoms with Crippen LogP contribution in [0.3, 0.4) is 0 Å². The van der Waals surface area contributed by atoms with E-state index in [1.165, 1.54) is 30.8 Å². The lowest BCUT2D eigenvalue weighted by molar-refractivity contribution is 0.0183. The maximum Gasteiger partial charge on any atom is 0.410 e. The molecule has 0 aromatic carbocycles. The molecule has 1 amide bonds. The van der Waals surface area contributed by atoms with E-state index in [9.17, 15) is 4.79 Å². The van der Waals surface area contributed by atoms with Gasteiger partial charge in [-0.05, 0) is 52.2 Å². The van der Waals surface area contributed by atoms with E-state index < -0.39 is 5.60 Å². The second kappa shape index (κ2) is 7.03. The summed E-state index contributed by atoms with van der Waals surface area (Å²) >= 11 is 2.04. The van der Waals surface area contributed by atoms with Crippen LogP contribution in [0.15, 0.2) is 0 Å². The van der Waals surface area contributed by atoms with E-state index in [1.54, 1.807) is 0 Å². The molecule has 2 fully saturated rings. The Hall–Kier alpha value is -0.420. The molecule has 2 rings (SSSR count). The van der Waals surface area contributed by atoms with Crippen molar-refractivity contribution in [2.75, 3.05) is 24.6 Å². The summed E-state index contributed by atoms with van der Waals surface area (Å²) in [5.41, 5.74) is -0.405. The maximum absolute atomic E-state index is 12.1. The average Bonchev–Trinajstić information content (AvgIpc) is 2.38. The van der Waals surface area contributed by atoms with Crippen LogP contribution in [0.25, 0.3) is 0 Å². The number of ether oxygens (including phenoxy) is 1. The lowest BCUT2D eigenvalue weighted by Crippen LogP contribution is -2.52. The molecule has 0 saturated carbocycles. The van der Waals surface area contributed by atoms with Gasteiger partial charge < -0.3 is 15.0 Å². The SMILES string of the molecule is CC(C)(C)OC(=O)N1CCCC(NC2CCCSC2)C1. The van der Waals surface area contributed by atoms with Crippen LogP contribution in [0.2, 0.25) is 0 Å².